The zero-order valence-electron chi connectivity index (χ0n) is 25.0. The first-order valence-corrected chi connectivity index (χ1v) is 16.8. The number of hydrogen-bond donors (Lipinski definition) is 1. The third-order valence-electron chi connectivity index (χ3n) is 7.92. The van der Waals surface area contributed by atoms with Crippen LogP contribution in [-0.4, -0.2) is 70.2 Å². The molecule has 0 unspecified atom stereocenters. The standard InChI is InChI=1S/C18H26N2O4Si.C12H12N2O4/c1-18(2,3)25(4,5)24-13-14-9-8-12-19(14)17(21)15-10-6-7-11-16(15)20(22)23;15-8-9-4-3-7-13(9)12(16)10-5-1-2-6-11(10)14(17)18/h6-8,10-12,14H,9,13H2,1-5H3;1-3,5-7,9,15H,4,8H2/t14-;9-/m00/s1. The highest BCUT2D eigenvalue weighted by molar-refractivity contribution is 6.74. The smallest absolute Gasteiger partial charge is 0.282 e. The Morgan fingerprint density at radius 2 is 1.28 bits per heavy atom. The van der Waals surface area contributed by atoms with Crippen LogP contribution in [-0.2, 0) is 4.43 Å². The summed E-state index contributed by atoms with van der Waals surface area (Å²) in [5.41, 5.74) is -0.250. The maximum atomic E-state index is 12.8. The number of nitrogens with zero attached hydrogens (tertiary/aromatic N) is 4. The van der Waals surface area contributed by atoms with E-state index in [-0.39, 0.29) is 52.1 Å². The largest absolute Gasteiger partial charge is 0.415 e. The lowest BCUT2D eigenvalue weighted by atomic mass is 10.1. The molecule has 230 valence electrons. The van der Waals surface area contributed by atoms with Gasteiger partial charge in [0.05, 0.1) is 35.1 Å². The average molecular weight is 611 g/mol. The van der Waals surface area contributed by atoms with Gasteiger partial charge in [-0.05, 0) is 43.1 Å². The van der Waals surface area contributed by atoms with Crippen LogP contribution in [0.3, 0.4) is 0 Å². The highest BCUT2D eigenvalue weighted by atomic mass is 28.4. The van der Waals surface area contributed by atoms with Gasteiger partial charge in [0.2, 0.25) is 0 Å². The molecule has 0 saturated heterocycles. The van der Waals surface area contributed by atoms with Gasteiger partial charge < -0.3 is 19.3 Å². The Morgan fingerprint density at radius 1 is 0.860 bits per heavy atom. The summed E-state index contributed by atoms with van der Waals surface area (Å²) in [4.78, 5) is 48.9. The summed E-state index contributed by atoms with van der Waals surface area (Å²) in [6.07, 6.45) is 8.18. The Balaban J connectivity index is 0.000000248. The molecular formula is C30H38N4O8Si. The predicted molar refractivity (Wildman–Crippen MR) is 164 cm³/mol. The Bertz CT molecular complexity index is 1420. The lowest BCUT2D eigenvalue weighted by molar-refractivity contribution is -0.385. The molecule has 0 radical (unpaired) electrons. The van der Waals surface area contributed by atoms with Crippen LogP contribution in [0.25, 0.3) is 0 Å². The van der Waals surface area contributed by atoms with Gasteiger partial charge in [-0.25, -0.2) is 0 Å². The number of benzene rings is 2. The van der Waals surface area contributed by atoms with Crippen molar-refractivity contribution in [1.29, 1.82) is 0 Å². The summed E-state index contributed by atoms with van der Waals surface area (Å²) in [5.74, 6) is -0.819. The summed E-state index contributed by atoms with van der Waals surface area (Å²) in [5, 5.41) is 31.3. The van der Waals surface area contributed by atoms with Crippen molar-refractivity contribution in [3.8, 4) is 0 Å². The van der Waals surface area contributed by atoms with Crippen molar-refractivity contribution in [3.05, 3.63) is 104 Å². The topological polar surface area (TPSA) is 156 Å². The van der Waals surface area contributed by atoms with Crippen LogP contribution in [0.4, 0.5) is 11.4 Å². The molecule has 2 aromatic carbocycles. The van der Waals surface area contributed by atoms with E-state index in [0.717, 1.165) is 0 Å². The van der Waals surface area contributed by atoms with Gasteiger partial charge in [-0.15, -0.1) is 0 Å². The minimum absolute atomic E-state index is 0.0347. The molecule has 1 N–H and O–H groups in total. The molecule has 2 aromatic rings. The van der Waals surface area contributed by atoms with E-state index in [0.29, 0.717) is 19.4 Å². The van der Waals surface area contributed by atoms with Crippen molar-refractivity contribution < 1.29 is 29.0 Å². The molecule has 12 nitrogen and oxygen atoms in total. The van der Waals surface area contributed by atoms with Gasteiger partial charge in [0.1, 0.15) is 11.1 Å². The van der Waals surface area contributed by atoms with Crippen LogP contribution in [0.1, 0.15) is 54.3 Å². The Labute approximate surface area is 251 Å². The summed E-state index contributed by atoms with van der Waals surface area (Å²) >= 11 is 0. The molecule has 0 aromatic heterocycles. The second-order valence-electron chi connectivity index (χ2n) is 11.8. The summed E-state index contributed by atoms with van der Waals surface area (Å²) in [7, 11) is -1.92. The number of carbonyl (C=O) groups is 2. The molecule has 0 spiro atoms. The fourth-order valence-corrected chi connectivity index (χ4v) is 5.38. The van der Waals surface area contributed by atoms with Crippen molar-refractivity contribution in [2.24, 2.45) is 0 Å². The number of amides is 2. The molecule has 0 bridgehead atoms. The van der Waals surface area contributed by atoms with Gasteiger partial charge in [-0.3, -0.25) is 29.8 Å². The third kappa shape index (κ3) is 7.80. The first-order valence-electron chi connectivity index (χ1n) is 13.9. The van der Waals surface area contributed by atoms with Crippen molar-refractivity contribution >= 4 is 31.5 Å². The summed E-state index contributed by atoms with van der Waals surface area (Å²) in [6, 6.07) is 11.4. The normalized spacial score (nSPS) is 17.9. The van der Waals surface area contributed by atoms with E-state index < -0.39 is 24.1 Å². The molecule has 4 rings (SSSR count). The molecule has 2 aliphatic rings. The van der Waals surface area contributed by atoms with E-state index in [1.165, 1.54) is 35.2 Å². The van der Waals surface area contributed by atoms with Crippen LogP contribution in [0.2, 0.25) is 18.1 Å². The zero-order valence-corrected chi connectivity index (χ0v) is 26.0. The number of para-hydroxylation sites is 2. The van der Waals surface area contributed by atoms with Gasteiger partial charge in [0, 0.05) is 24.5 Å². The Kier molecular flexibility index (Phi) is 10.7. The van der Waals surface area contributed by atoms with Gasteiger partial charge in [-0.1, -0.05) is 57.2 Å². The second kappa shape index (κ2) is 13.8. The van der Waals surface area contributed by atoms with Crippen molar-refractivity contribution in [3.63, 3.8) is 0 Å². The number of nitro groups is 2. The van der Waals surface area contributed by atoms with E-state index in [1.54, 1.807) is 41.6 Å². The van der Waals surface area contributed by atoms with Crippen molar-refractivity contribution in [2.45, 2.75) is 63.8 Å². The number of aliphatic hydroxyl groups excluding tert-OH is 1. The minimum atomic E-state index is -1.92. The number of aliphatic hydroxyl groups is 1. The fourth-order valence-electron chi connectivity index (χ4n) is 4.34. The van der Waals surface area contributed by atoms with Gasteiger partial charge in [0.25, 0.3) is 23.2 Å². The maximum absolute atomic E-state index is 12.8. The van der Waals surface area contributed by atoms with E-state index in [1.807, 2.05) is 6.08 Å². The van der Waals surface area contributed by atoms with Crippen LogP contribution in [0.5, 0.6) is 0 Å². The average Bonchev–Trinajstić information content (AvgIpc) is 3.65. The number of nitro benzene ring substituents is 2. The molecule has 2 atom stereocenters. The Hall–Kier alpha value is -4.20. The lowest BCUT2D eigenvalue weighted by Gasteiger charge is -2.37. The summed E-state index contributed by atoms with van der Waals surface area (Å²) < 4.78 is 6.24. The number of hydrogen-bond acceptors (Lipinski definition) is 8. The van der Waals surface area contributed by atoms with Crippen LogP contribution >= 0.6 is 0 Å². The molecule has 0 saturated carbocycles. The fraction of sp³-hybridized carbons (Fsp3) is 0.400. The van der Waals surface area contributed by atoms with Crippen molar-refractivity contribution in [2.75, 3.05) is 13.2 Å². The second-order valence-corrected chi connectivity index (χ2v) is 16.6. The molecule has 2 aliphatic heterocycles. The lowest BCUT2D eigenvalue weighted by Crippen LogP contribution is -2.45. The van der Waals surface area contributed by atoms with Crippen LogP contribution in [0, 0.1) is 20.2 Å². The van der Waals surface area contributed by atoms with Crippen LogP contribution < -0.4 is 0 Å². The SMILES string of the molecule is CC(C)(C)[Si](C)(C)OC[C@@H]1CC=CN1C(=O)c1ccccc1[N+](=O)[O-].O=C(c1ccccc1[N+](=O)[O-])N1C=CC[C@H]1CO. The maximum Gasteiger partial charge on any atom is 0.282 e. The van der Waals surface area contributed by atoms with E-state index in [9.17, 15) is 29.8 Å². The highest BCUT2D eigenvalue weighted by Crippen LogP contribution is 2.37. The van der Waals surface area contributed by atoms with Gasteiger partial charge >= 0.3 is 0 Å². The summed E-state index contributed by atoms with van der Waals surface area (Å²) in [6.45, 7) is 11.1. The molecule has 0 fully saturated rings. The first-order chi connectivity index (χ1) is 20.2. The van der Waals surface area contributed by atoms with Gasteiger partial charge in [-0.2, -0.15) is 0 Å². The quantitative estimate of drug-likeness (QED) is 0.228. The highest BCUT2D eigenvalue weighted by Gasteiger charge is 2.39. The number of rotatable bonds is 8. The molecular weight excluding hydrogens is 572 g/mol. The predicted octanol–water partition coefficient (Wildman–Crippen LogP) is 5.66. The molecule has 2 amide bonds. The number of carbonyl (C=O) groups excluding carboxylic acids is 2. The van der Waals surface area contributed by atoms with E-state index >= 15 is 0 Å². The molecule has 43 heavy (non-hydrogen) atoms. The minimum Gasteiger partial charge on any atom is -0.415 e. The molecule has 2 heterocycles. The zero-order chi connectivity index (χ0) is 31.9. The van der Waals surface area contributed by atoms with Gasteiger partial charge in [0.15, 0.2) is 8.32 Å². The van der Waals surface area contributed by atoms with Crippen LogP contribution in [0.15, 0.2) is 73.1 Å². The Morgan fingerprint density at radius 3 is 1.70 bits per heavy atom. The first kappa shape index (κ1) is 33.3. The van der Waals surface area contributed by atoms with Crippen molar-refractivity contribution in [1.82, 2.24) is 9.80 Å². The third-order valence-corrected chi connectivity index (χ3v) is 12.4. The van der Waals surface area contributed by atoms with E-state index in [4.69, 9.17) is 9.53 Å². The molecule has 13 heteroatoms. The monoisotopic (exact) mass is 610 g/mol. The van der Waals surface area contributed by atoms with E-state index in [2.05, 4.69) is 33.9 Å². The molecule has 0 aliphatic carbocycles.